The molecular weight excluding hydrogens is 975 g/mol. The van der Waals surface area contributed by atoms with Crippen LogP contribution in [0.3, 0.4) is 0 Å². The second-order valence-electron chi connectivity index (χ2n) is 16.2. The Labute approximate surface area is 418 Å². The van der Waals surface area contributed by atoms with Gasteiger partial charge in [-0.1, -0.05) is 84.9 Å². The fourth-order valence-corrected chi connectivity index (χ4v) is 6.93. The highest BCUT2D eigenvalue weighted by Gasteiger charge is 2.29. The molecular formula is C52H48F6N10O6. The SMILES string of the molecule is C[n+]1ccc(CNC(=O)c2cc3ccccc3n2Cc2ccc(C(=N)N)cc2)cc1.C[n+]1ccc(CNC(=O)c2cc3ccccc3n2Cc2ccc(C(=N)N)cc2)cc1.O=C([O-])C(F)(F)F.O=C([O-])C(F)(F)F. The molecule has 0 aliphatic carbocycles. The summed E-state index contributed by atoms with van der Waals surface area (Å²) >= 11 is 0. The smallest absolute Gasteiger partial charge is 0.430 e. The molecule has 0 fully saturated rings. The average Bonchev–Trinajstić information content (AvgIpc) is 3.92. The number of carboxylic acids is 2. The van der Waals surface area contributed by atoms with Crippen molar-refractivity contribution in [1.29, 1.82) is 10.8 Å². The van der Waals surface area contributed by atoms with E-state index in [2.05, 4.69) is 10.6 Å². The summed E-state index contributed by atoms with van der Waals surface area (Å²) in [6.45, 7) is 2.04. The monoisotopic (exact) mass is 1020 g/mol. The van der Waals surface area contributed by atoms with Crippen molar-refractivity contribution in [2.45, 2.75) is 38.5 Å². The molecule has 16 nitrogen and oxygen atoms in total. The van der Waals surface area contributed by atoms with E-state index in [1.165, 1.54) is 0 Å². The quantitative estimate of drug-likeness (QED) is 0.0450. The van der Waals surface area contributed by atoms with Crippen molar-refractivity contribution in [1.82, 2.24) is 19.8 Å². The number of carbonyl (C=O) groups excluding carboxylic acids is 4. The molecule has 22 heteroatoms. The highest BCUT2D eigenvalue weighted by atomic mass is 19.4. The summed E-state index contributed by atoms with van der Waals surface area (Å²) in [4.78, 5) is 43.6. The number of carboxylic acid groups (broad SMARTS) is 2. The van der Waals surface area contributed by atoms with Crippen LogP contribution in [0.5, 0.6) is 0 Å². The normalized spacial score (nSPS) is 10.9. The van der Waals surface area contributed by atoms with E-state index in [-0.39, 0.29) is 23.5 Å². The van der Waals surface area contributed by atoms with Gasteiger partial charge in [-0.05, 0) is 46.5 Å². The van der Waals surface area contributed by atoms with Crippen molar-refractivity contribution < 1.29 is 64.9 Å². The van der Waals surface area contributed by atoms with Gasteiger partial charge in [0.2, 0.25) is 0 Å². The van der Waals surface area contributed by atoms with Gasteiger partial charge < -0.3 is 51.0 Å². The molecule has 4 heterocycles. The number of nitrogens with one attached hydrogen (secondary N) is 4. The highest BCUT2D eigenvalue weighted by molar-refractivity contribution is 6.00. The molecule has 74 heavy (non-hydrogen) atoms. The minimum absolute atomic E-state index is 0.0440. The van der Waals surface area contributed by atoms with Crippen molar-refractivity contribution in [3.05, 3.63) is 203 Å². The number of aromatic nitrogens is 4. The van der Waals surface area contributed by atoms with E-state index >= 15 is 0 Å². The molecule has 4 aromatic carbocycles. The number of nitrogens with zero attached hydrogens (tertiary/aromatic N) is 4. The summed E-state index contributed by atoms with van der Waals surface area (Å²) < 4.78 is 71.1. The van der Waals surface area contributed by atoms with Crippen molar-refractivity contribution in [2.24, 2.45) is 25.6 Å². The maximum atomic E-state index is 13.0. The average molecular weight is 1020 g/mol. The van der Waals surface area contributed by atoms with E-state index in [1.54, 1.807) is 0 Å². The first-order valence-corrected chi connectivity index (χ1v) is 22.0. The molecule has 0 spiro atoms. The van der Waals surface area contributed by atoms with Crippen molar-refractivity contribution in [3.63, 3.8) is 0 Å². The maximum absolute atomic E-state index is 13.0. The lowest BCUT2D eigenvalue weighted by molar-refractivity contribution is -0.671. The topological polar surface area (TPSA) is 256 Å². The Bertz CT molecular complexity index is 3040. The standard InChI is InChI=1S/2C24H23N5O.2C2HF3O2/c2*1-28-12-10-17(11-13-28)15-27-24(30)22-14-20-4-2-3-5-21(20)29(22)16-18-6-8-19(9-7-18)23(25)26;2*3-2(4,5)1(6)7/h2*2-14H,15-16H2,1H3,(H3-,25,26,27,30);2*(H,6,7). The van der Waals surface area contributed by atoms with Gasteiger partial charge in [0.15, 0.2) is 24.8 Å². The van der Waals surface area contributed by atoms with Crippen LogP contribution in [0.15, 0.2) is 158 Å². The van der Waals surface area contributed by atoms with Crippen LogP contribution in [0.25, 0.3) is 21.8 Å². The molecule has 8 rings (SSSR count). The molecule has 0 saturated carbocycles. The second-order valence-corrected chi connectivity index (χ2v) is 16.2. The van der Waals surface area contributed by atoms with Gasteiger partial charge in [-0.3, -0.25) is 20.4 Å². The Balaban J connectivity index is 0.000000218. The molecule has 384 valence electrons. The Morgan fingerprint density at radius 1 is 0.514 bits per heavy atom. The van der Waals surface area contributed by atoms with Crippen LogP contribution in [0.2, 0.25) is 0 Å². The largest absolute Gasteiger partial charge is 0.542 e. The van der Waals surface area contributed by atoms with Crippen molar-refractivity contribution >= 4 is 57.2 Å². The first-order valence-electron chi connectivity index (χ1n) is 22.0. The van der Waals surface area contributed by atoms with Gasteiger partial charge in [-0.2, -0.15) is 26.3 Å². The lowest BCUT2D eigenvalue weighted by atomic mass is 10.1. The molecule has 0 saturated heterocycles. The second kappa shape index (κ2) is 24.7. The predicted octanol–water partition coefficient (Wildman–Crippen LogP) is 4.05. The molecule has 0 aliphatic heterocycles. The summed E-state index contributed by atoms with van der Waals surface area (Å²) in [7, 11) is 3.92. The number of amides is 2. The number of rotatable bonds is 12. The number of aryl methyl sites for hydroxylation is 2. The molecule has 4 aromatic heterocycles. The van der Waals surface area contributed by atoms with Crippen LogP contribution in [-0.4, -0.2) is 56.9 Å². The number of para-hydroxylation sites is 2. The van der Waals surface area contributed by atoms with E-state index in [4.69, 9.17) is 42.1 Å². The molecule has 0 radical (unpaired) electrons. The number of hydrogen-bond acceptors (Lipinski definition) is 8. The van der Waals surface area contributed by atoms with Crippen LogP contribution in [-0.2, 0) is 49.9 Å². The third-order valence-corrected chi connectivity index (χ3v) is 10.8. The van der Waals surface area contributed by atoms with Crippen molar-refractivity contribution in [3.8, 4) is 0 Å². The minimum Gasteiger partial charge on any atom is -0.542 e. The molecule has 0 bridgehead atoms. The first kappa shape index (κ1) is 55.6. The number of amidine groups is 2. The van der Waals surface area contributed by atoms with Gasteiger partial charge in [-0.15, -0.1) is 0 Å². The Kier molecular flexibility index (Phi) is 18.5. The molecule has 2 amide bonds. The summed E-state index contributed by atoms with van der Waals surface area (Å²) in [6, 6.07) is 42.9. The summed E-state index contributed by atoms with van der Waals surface area (Å²) in [6.07, 6.45) is -2.54. The van der Waals surface area contributed by atoms with E-state index < -0.39 is 24.3 Å². The Morgan fingerprint density at radius 2 is 0.811 bits per heavy atom. The molecule has 0 aliphatic rings. The van der Waals surface area contributed by atoms with E-state index in [0.29, 0.717) is 48.7 Å². The fraction of sp³-hybridized carbons (Fsp3) is 0.154. The number of aliphatic carboxylic acids is 2. The van der Waals surface area contributed by atoms with E-state index in [0.717, 1.165) is 44.1 Å². The molecule has 8 aromatic rings. The van der Waals surface area contributed by atoms with Crippen LogP contribution < -0.4 is 41.4 Å². The number of nitrogens with two attached hydrogens (primary N) is 2. The Morgan fingerprint density at radius 3 is 1.09 bits per heavy atom. The zero-order valence-corrected chi connectivity index (χ0v) is 39.5. The maximum Gasteiger partial charge on any atom is 0.430 e. The van der Waals surface area contributed by atoms with Gasteiger partial charge in [0, 0.05) is 83.4 Å². The zero-order chi connectivity index (χ0) is 54.3. The van der Waals surface area contributed by atoms with Gasteiger partial charge in [0.05, 0.1) is 0 Å². The number of carbonyl (C=O) groups is 4. The number of fused-ring (bicyclic) bond motifs is 2. The molecule has 8 N–H and O–H groups in total. The summed E-state index contributed by atoms with van der Waals surface area (Å²) in [5.74, 6) is -6.15. The molecule has 0 unspecified atom stereocenters. The fourth-order valence-electron chi connectivity index (χ4n) is 6.93. The third kappa shape index (κ3) is 15.8. The number of hydrogen-bond donors (Lipinski definition) is 6. The van der Waals surface area contributed by atoms with Gasteiger partial charge in [0.25, 0.3) is 11.8 Å². The number of halogens is 6. The molecule has 0 atom stereocenters. The van der Waals surface area contributed by atoms with Crippen molar-refractivity contribution in [2.75, 3.05) is 0 Å². The third-order valence-electron chi connectivity index (χ3n) is 10.8. The van der Waals surface area contributed by atoms with Crippen LogP contribution in [0.1, 0.15) is 54.4 Å². The summed E-state index contributed by atoms with van der Waals surface area (Å²) in [5, 5.41) is 40.8. The first-order chi connectivity index (χ1) is 34.9. The number of nitrogen functional groups attached to an aromatic ring is 2. The lowest BCUT2D eigenvalue weighted by Crippen LogP contribution is -2.37. The number of pyridine rings is 2. The van der Waals surface area contributed by atoms with E-state index in [9.17, 15) is 35.9 Å². The minimum atomic E-state index is -5.19. The van der Waals surface area contributed by atoms with Gasteiger partial charge in [-0.25, -0.2) is 9.13 Å². The van der Waals surface area contributed by atoms with Crippen LogP contribution in [0, 0.1) is 10.8 Å². The van der Waals surface area contributed by atoms with E-state index in [1.807, 2.05) is 191 Å². The predicted molar refractivity (Wildman–Crippen MR) is 257 cm³/mol. The number of alkyl halides is 6. The Hall–Kier alpha value is -9.34. The highest BCUT2D eigenvalue weighted by Crippen LogP contribution is 2.24. The summed E-state index contributed by atoms with van der Waals surface area (Å²) in [5.41, 5.74) is 19.9. The zero-order valence-electron chi connectivity index (χ0n) is 39.5. The number of benzene rings is 4. The van der Waals surface area contributed by atoms with Gasteiger partial charge in [0.1, 0.15) is 49.1 Å². The van der Waals surface area contributed by atoms with Gasteiger partial charge >= 0.3 is 12.4 Å². The van der Waals surface area contributed by atoms with Crippen LogP contribution >= 0.6 is 0 Å². The lowest BCUT2D eigenvalue weighted by Gasteiger charge is -2.12. The van der Waals surface area contributed by atoms with Crippen LogP contribution in [0.4, 0.5) is 26.3 Å².